The molecule has 0 radical (unpaired) electrons. The molecule has 3 nitrogen and oxygen atoms in total. The third-order valence-corrected chi connectivity index (χ3v) is 2.99. The zero-order chi connectivity index (χ0) is 13.5. The van der Waals surface area contributed by atoms with Gasteiger partial charge in [-0.05, 0) is 23.3 Å². The first-order valence-corrected chi connectivity index (χ1v) is 6.69. The van der Waals surface area contributed by atoms with Crippen LogP contribution in [-0.4, -0.2) is 24.9 Å². The summed E-state index contributed by atoms with van der Waals surface area (Å²) in [4.78, 5) is 0. The SMILES string of the molecule is CCCOCCOc1ccc2ccccc2c1CO. The molecule has 2 aromatic carbocycles. The van der Waals surface area contributed by atoms with Crippen LogP contribution in [0.15, 0.2) is 36.4 Å². The second-order valence-corrected chi connectivity index (χ2v) is 4.38. The lowest BCUT2D eigenvalue weighted by molar-refractivity contribution is 0.0997. The van der Waals surface area contributed by atoms with E-state index >= 15 is 0 Å². The molecule has 0 atom stereocenters. The molecule has 0 aliphatic heterocycles. The van der Waals surface area contributed by atoms with Crippen LogP contribution in [0.4, 0.5) is 0 Å². The molecule has 1 N–H and O–H groups in total. The van der Waals surface area contributed by atoms with Crippen LogP contribution in [0.2, 0.25) is 0 Å². The summed E-state index contributed by atoms with van der Waals surface area (Å²) < 4.78 is 11.1. The fraction of sp³-hybridized carbons (Fsp3) is 0.375. The molecule has 0 aliphatic carbocycles. The Bertz CT molecular complexity index is 522. The Balaban J connectivity index is 2.10. The largest absolute Gasteiger partial charge is 0.491 e. The lowest BCUT2D eigenvalue weighted by Crippen LogP contribution is -2.08. The Morgan fingerprint density at radius 3 is 2.63 bits per heavy atom. The molecule has 102 valence electrons. The summed E-state index contributed by atoms with van der Waals surface area (Å²) in [6.07, 6.45) is 1.01. The quantitative estimate of drug-likeness (QED) is 0.777. The average molecular weight is 260 g/mol. The molecule has 2 aromatic rings. The van der Waals surface area contributed by atoms with E-state index in [4.69, 9.17) is 9.47 Å². The molecule has 2 rings (SSSR count). The number of rotatable bonds is 7. The van der Waals surface area contributed by atoms with Crippen molar-refractivity contribution in [1.29, 1.82) is 0 Å². The van der Waals surface area contributed by atoms with Crippen molar-refractivity contribution in [1.82, 2.24) is 0 Å². The smallest absolute Gasteiger partial charge is 0.125 e. The van der Waals surface area contributed by atoms with Gasteiger partial charge in [0.2, 0.25) is 0 Å². The summed E-state index contributed by atoms with van der Waals surface area (Å²) in [7, 11) is 0. The molecule has 0 spiro atoms. The lowest BCUT2D eigenvalue weighted by Gasteiger charge is -2.12. The number of ether oxygens (including phenoxy) is 2. The van der Waals surface area contributed by atoms with Crippen molar-refractivity contribution in [2.24, 2.45) is 0 Å². The molecule has 3 heteroatoms. The highest BCUT2D eigenvalue weighted by atomic mass is 16.5. The average Bonchev–Trinajstić information content (AvgIpc) is 2.46. The van der Waals surface area contributed by atoms with Gasteiger partial charge in [0.1, 0.15) is 12.4 Å². The minimum atomic E-state index is -0.0213. The lowest BCUT2D eigenvalue weighted by atomic mass is 10.0. The molecule has 0 saturated carbocycles. The topological polar surface area (TPSA) is 38.7 Å². The zero-order valence-corrected chi connectivity index (χ0v) is 11.3. The van der Waals surface area contributed by atoms with E-state index in [1.54, 1.807) is 0 Å². The van der Waals surface area contributed by atoms with Gasteiger partial charge in [0, 0.05) is 12.2 Å². The van der Waals surface area contributed by atoms with E-state index in [1.165, 1.54) is 0 Å². The third-order valence-electron chi connectivity index (χ3n) is 2.99. The second kappa shape index (κ2) is 7.12. The fourth-order valence-electron chi connectivity index (χ4n) is 2.07. The number of fused-ring (bicyclic) bond motifs is 1. The van der Waals surface area contributed by atoms with Gasteiger partial charge in [0.05, 0.1) is 13.2 Å². The molecular formula is C16H20O3. The van der Waals surface area contributed by atoms with Crippen molar-refractivity contribution in [3.8, 4) is 5.75 Å². The van der Waals surface area contributed by atoms with Gasteiger partial charge in [-0.3, -0.25) is 0 Å². The van der Waals surface area contributed by atoms with Crippen LogP contribution in [-0.2, 0) is 11.3 Å². The van der Waals surface area contributed by atoms with Gasteiger partial charge in [-0.25, -0.2) is 0 Å². The minimum absolute atomic E-state index is 0.0213. The molecule has 0 aliphatic rings. The van der Waals surface area contributed by atoms with Gasteiger partial charge >= 0.3 is 0 Å². The number of hydrogen-bond acceptors (Lipinski definition) is 3. The summed E-state index contributed by atoms with van der Waals surface area (Å²) in [6, 6.07) is 11.9. The Morgan fingerprint density at radius 1 is 1.00 bits per heavy atom. The Kier molecular flexibility index (Phi) is 5.19. The molecule has 0 bridgehead atoms. The van der Waals surface area contributed by atoms with E-state index in [0.717, 1.165) is 35.1 Å². The molecule has 0 saturated heterocycles. The molecule has 19 heavy (non-hydrogen) atoms. The number of hydrogen-bond donors (Lipinski definition) is 1. The van der Waals surface area contributed by atoms with Crippen molar-refractivity contribution >= 4 is 10.8 Å². The Hall–Kier alpha value is -1.58. The second-order valence-electron chi connectivity index (χ2n) is 4.38. The van der Waals surface area contributed by atoms with E-state index in [9.17, 15) is 5.11 Å². The first kappa shape index (κ1) is 13.8. The number of benzene rings is 2. The van der Waals surface area contributed by atoms with Gasteiger partial charge < -0.3 is 14.6 Å². The third kappa shape index (κ3) is 3.46. The summed E-state index contributed by atoms with van der Waals surface area (Å²) >= 11 is 0. The maximum atomic E-state index is 9.55. The molecular weight excluding hydrogens is 240 g/mol. The number of aliphatic hydroxyl groups is 1. The van der Waals surface area contributed by atoms with E-state index in [0.29, 0.717) is 13.2 Å². The predicted molar refractivity (Wildman–Crippen MR) is 76.5 cm³/mol. The maximum Gasteiger partial charge on any atom is 0.125 e. The van der Waals surface area contributed by atoms with Crippen LogP contribution >= 0.6 is 0 Å². The standard InChI is InChI=1S/C16H20O3/c1-2-9-18-10-11-19-16-8-7-13-5-3-4-6-14(13)15(16)12-17/h3-8,17H,2,9-12H2,1H3. The van der Waals surface area contributed by atoms with Gasteiger partial charge in [0.15, 0.2) is 0 Å². The Labute approximate surface area is 113 Å². The van der Waals surface area contributed by atoms with E-state index in [-0.39, 0.29) is 6.61 Å². The van der Waals surface area contributed by atoms with Crippen molar-refractivity contribution < 1.29 is 14.6 Å². The van der Waals surface area contributed by atoms with Gasteiger partial charge in [-0.15, -0.1) is 0 Å². The van der Waals surface area contributed by atoms with E-state index in [2.05, 4.69) is 6.92 Å². The van der Waals surface area contributed by atoms with Crippen LogP contribution in [0.25, 0.3) is 10.8 Å². The van der Waals surface area contributed by atoms with Crippen molar-refractivity contribution in [2.45, 2.75) is 20.0 Å². The predicted octanol–water partition coefficient (Wildman–Crippen LogP) is 3.14. The molecule has 0 fully saturated rings. The van der Waals surface area contributed by atoms with Crippen molar-refractivity contribution in [3.63, 3.8) is 0 Å². The van der Waals surface area contributed by atoms with Crippen LogP contribution < -0.4 is 4.74 Å². The molecule has 0 amide bonds. The highest BCUT2D eigenvalue weighted by molar-refractivity contribution is 5.87. The molecule has 0 unspecified atom stereocenters. The Morgan fingerprint density at radius 2 is 1.84 bits per heavy atom. The summed E-state index contributed by atoms with van der Waals surface area (Å²) in [5.41, 5.74) is 0.841. The van der Waals surface area contributed by atoms with E-state index < -0.39 is 0 Å². The summed E-state index contributed by atoms with van der Waals surface area (Å²) in [5, 5.41) is 11.7. The van der Waals surface area contributed by atoms with Crippen LogP contribution in [0, 0.1) is 0 Å². The van der Waals surface area contributed by atoms with Crippen LogP contribution in [0.1, 0.15) is 18.9 Å². The highest BCUT2D eigenvalue weighted by Crippen LogP contribution is 2.28. The first-order valence-electron chi connectivity index (χ1n) is 6.69. The van der Waals surface area contributed by atoms with Crippen LogP contribution in [0.3, 0.4) is 0 Å². The van der Waals surface area contributed by atoms with Crippen molar-refractivity contribution in [3.05, 3.63) is 42.0 Å². The van der Waals surface area contributed by atoms with Crippen molar-refractivity contribution in [2.75, 3.05) is 19.8 Å². The van der Waals surface area contributed by atoms with Gasteiger partial charge in [-0.2, -0.15) is 0 Å². The minimum Gasteiger partial charge on any atom is -0.491 e. The molecule has 0 aromatic heterocycles. The van der Waals surface area contributed by atoms with Gasteiger partial charge in [0.25, 0.3) is 0 Å². The zero-order valence-electron chi connectivity index (χ0n) is 11.3. The van der Waals surface area contributed by atoms with Crippen LogP contribution in [0.5, 0.6) is 5.75 Å². The number of aliphatic hydroxyl groups excluding tert-OH is 1. The summed E-state index contributed by atoms with van der Waals surface area (Å²) in [5.74, 6) is 0.737. The normalized spacial score (nSPS) is 10.8. The maximum absolute atomic E-state index is 9.55. The fourth-order valence-corrected chi connectivity index (χ4v) is 2.07. The monoisotopic (exact) mass is 260 g/mol. The summed E-state index contributed by atoms with van der Waals surface area (Å²) in [6.45, 7) is 3.89. The van der Waals surface area contributed by atoms with Gasteiger partial charge in [-0.1, -0.05) is 37.3 Å². The van der Waals surface area contributed by atoms with E-state index in [1.807, 2.05) is 36.4 Å². The highest BCUT2D eigenvalue weighted by Gasteiger charge is 2.07. The molecule has 0 heterocycles. The first-order chi connectivity index (χ1) is 9.36.